The first-order valence-corrected chi connectivity index (χ1v) is 14.3. The molecule has 0 aliphatic heterocycles. The second kappa shape index (κ2) is 14.1. The van der Waals surface area contributed by atoms with Gasteiger partial charge in [-0.2, -0.15) is 9.97 Å². The van der Waals surface area contributed by atoms with Gasteiger partial charge >= 0.3 is 0 Å². The van der Waals surface area contributed by atoms with Gasteiger partial charge < -0.3 is 0 Å². The first kappa shape index (κ1) is 29.2. The van der Waals surface area contributed by atoms with E-state index in [9.17, 15) is 0 Å². The lowest BCUT2D eigenvalue weighted by Gasteiger charge is -2.15. The lowest BCUT2D eigenvalue weighted by Crippen LogP contribution is -2.05. The third kappa shape index (κ3) is 7.53. The molecule has 1 N–H and O–H groups in total. The van der Waals surface area contributed by atoms with Crippen molar-refractivity contribution in [3.05, 3.63) is 163 Å². The Kier molecular flexibility index (Phi) is 9.57. The topological polar surface area (TPSA) is 75.4 Å². The number of aromatic nitrogens is 4. The van der Waals surface area contributed by atoms with Crippen LogP contribution in [0.3, 0.4) is 0 Å². The largest absolute Gasteiger partial charge is 0.299 e. The molecule has 5 rings (SSSR count). The molecule has 5 nitrogen and oxygen atoms in total. The predicted molar refractivity (Wildman–Crippen MR) is 178 cm³/mol. The molecule has 3 aromatic carbocycles. The van der Waals surface area contributed by atoms with Crippen LogP contribution in [0.5, 0.6) is 0 Å². The number of rotatable bonds is 10. The van der Waals surface area contributed by atoms with Crippen molar-refractivity contribution in [3.63, 3.8) is 0 Å². The second-order valence-corrected chi connectivity index (χ2v) is 10.1. The summed E-state index contributed by atoms with van der Waals surface area (Å²) in [5, 5.41) is 9.11. The molecular formula is C37H30ClN5. The van der Waals surface area contributed by atoms with E-state index in [1.165, 1.54) is 0 Å². The van der Waals surface area contributed by atoms with Crippen LogP contribution in [0.15, 0.2) is 146 Å². The van der Waals surface area contributed by atoms with Crippen molar-refractivity contribution >= 4 is 22.9 Å². The summed E-state index contributed by atoms with van der Waals surface area (Å²) in [7, 11) is 0. The van der Waals surface area contributed by atoms with Gasteiger partial charge in [-0.25, -0.2) is 9.97 Å². The fourth-order valence-electron chi connectivity index (χ4n) is 4.56. The number of allylic oxidation sites excluding steroid dienone is 7. The highest BCUT2D eigenvalue weighted by atomic mass is 35.5. The van der Waals surface area contributed by atoms with Crippen LogP contribution in [-0.2, 0) is 0 Å². The minimum atomic E-state index is 0.0244. The minimum Gasteiger partial charge on any atom is -0.299 e. The Balaban J connectivity index is 1.49. The first-order valence-electron chi connectivity index (χ1n) is 13.9. The zero-order valence-electron chi connectivity index (χ0n) is 23.7. The molecular weight excluding hydrogens is 550 g/mol. The maximum atomic E-state index is 9.03. The molecule has 0 radical (unpaired) electrons. The van der Waals surface area contributed by atoms with Gasteiger partial charge in [0.1, 0.15) is 5.69 Å². The van der Waals surface area contributed by atoms with Crippen LogP contribution in [-0.4, -0.2) is 25.6 Å². The van der Waals surface area contributed by atoms with E-state index >= 15 is 0 Å². The highest BCUT2D eigenvalue weighted by molar-refractivity contribution is 6.28. The summed E-state index contributed by atoms with van der Waals surface area (Å²) >= 11 is 6.28. The number of nitrogens with one attached hydrogen (secondary N) is 1. The van der Waals surface area contributed by atoms with Crippen LogP contribution in [0.4, 0.5) is 0 Å². The Morgan fingerprint density at radius 3 is 2.05 bits per heavy atom. The number of nitrogens with zero attached hydrogens (tertiary/aromatic N) is 4. The number of pyridine rings is 1. The summed E-state index contributed by atoms with van der Waals surface area (Å²) in [5.41, 5.74) is 6.42. The summed E-state index contributed by atoms with van der Waals surface area (Å²) in [5.74, 6) is 0.834. The maximum absolute atomic E-state index is 9.03. The molecule has 0 saturated heterocycles. The van der Waals surface area contributed by atoms with Crippen molar-refractivity contribution in [3.8, 4) is 34.0 Å². The summed E-state index contributed by atoms with van der Waals surface area (Å²) in [6.07, 6.45) is 11.5. The Morgan fingerprint density at radius 1 is 0.698 bits per heavy atom. The summed E-state index contributed by atoms with van der Waals surface area (Å²) < 4.78 is 0. The van der Waals surface area contributed by atoms with E-state index in [0.717, 1.165) is 27.8 Å². The van der Waals surface area contributed by atoms with Gasteiger partial charge in [0.15, 0.2) is 11.6 Å². The molecule has 43 heavy (non-hydrogen) atoms. The third-order valence-corrected chi connectivity index (χ3v) is 6.94. The average Bonchev–Trinajstić information content (AvgIpc) is 3.06. The van der Waals surface area contributed by atoms with Gasteiger partial charge in [-0.05, 0) is 58.0 Å². The van der Waals surface area contributed by atoms with Gasteiger partial charge in [-0.3, -0.25) is 5.41 Å². The van der Waals surface area contributed by atoms with Crippen molar-refractivity contribution in [2.24, 2.45) is 5.92 Å². The zero-order valence-corrected chi connectivity index (χ0v) is 24.5. The molecule has 0 aliphatic rings. The maximum Gasteiger partial charge on any atom is 0.226 e. The van der Waals surface area contributed by atoms with Crippen LogP contribution < -0.4 is 0 Å². The van der Waals surface area contributed by atoms with E-state index in [0.29, 0.717) is 23.0 Å². The number of hydrogen-bond acceptors (Lipinski definition) is 5. The van der Waals surface area contributed by atoms with Crippen LogP contribution >= 0.6 is 11.6 Å². The quantitative estimate of drug-likeness (QED) is 0.132. The fourth-order valence-corrected chi connectivity index (χ4v) is 4.72. The Hall–Kier alpha value is -5.26. The van der Waals surface area contributed by atoms with Crippen LogP contribution in [0.25, 0.3) is 39.6 Å². The molecule has 0 spiro atoms. The van der Waals surface area contributed by atoms with Gasteiger partial charge in [0.05, 0.1) is 11.4 Å². The highest BCUT2D eigenvalue weighted by Gasteiger charge is 2.14. The van der Waals surface area contributed by atoms with E-state index in [-0.39, 0.29) is 16.9 Å². The number of halogens is 1. The van der Waals surface area contributed by atoms with Gasteiger partial charge in [0.2, 0.25) is 5.28 Å². The van der Waals surface area contributed by atoms with E-state index in [1.807, 2.05) is 85.0 Å². The van der Waals surface area contributed by atoms with Crippen molar-refractivity contribution in [1.29, 1.82) is 5.41 Å². The van der Waals surface area contributed by atoms with E-state index in [2.05, 4.69) is 70.9 Å². The number of hydrogen-bond donors (Lipinski definition) is 1. The van der Waals surface area contributed by atoms with E-state index in [1.54, 1.807) is 12.1 Å². The summed E-state index contributed by atoms with van der Waals surface area (Å²) in [4.78, 5) is 18.0. The third-order valence-electron chi connectivity index (χ3n) is 6.77. The SMILES string of the molecule is C=C/C=C\C=C/C(C)/C(=C\C(=N)c1cccc(-c2nc(Cl)nc(-c3ccccc3)n2)n1)c1ccc(-c2ccccc2)cc1. The van der Waals surface area contributed by atoms with Crippen LogP contribution in [0, 0.1) is 11.3 Å². The van der Waals surface area contributed by atoms with Gasteiger partial charge in [0, 0.05) is 5.56 Å². The summed E-state index contributed by atoms with van der Waals surface area (Å²) in [6, 6.07) is 33.8. The van der Waals surface area contributed by atoms with Gasteiger partial charge in [-0.1, -0.05) is 135 Å². The number of benzene rings is 3. The van der Waals surface area contributed by atoms with Crippen molar-refractivity contribution in [1.82, 2.24) is 19.9 Å². The predicted octanol–water partition coefficient (Wildman–Crippen LogP) is 9.31. The standard InChI is InChI=1S/C37H30ClN5/c1-3-4-5-8-14-26(2)31(29-23-21-28(22-24-29)27-15-9-6-10-16-27)25-32(39)33-19-13-20-34(40-33)36-41-35(42-37(38)43-36)30-17-11-7-12-18-30/h3-26,39H,1H2,2H3/b5-4-,14-8-,31-25+,39-32?. The normalized spacial score (nSPS) is 12.5. The minimum absolute atomic E-state index is 0.0244. The van der Waals surface area contributed by atoms with Crippen molar-refractivity contribution in [2.45, 2.75) is 6.92 Å². The van der Waals surface area contributed by atoms with Gasteiger partial charge in [0.25, 0.3) is 0 Å². The molecule has 5 aromatic rings. The smallest absolute Gasteiger partial charge is 0.226 e. The Labute approximate surface area is 257 Å². The lowest BCUT2D eigenvalue weighted by atomic mass is 9.90. The van der Waals surface area contributed by atoms with Gasteiger partial charge in [-0.15, -0.1) is 0 Å². The molecule has 2 aromatic heterocycles. The zero-order chi connectivity index (χ0) is 30.0. The fraction of sp³-hybridized carbons (Fsp3) is 0.0541. The monoisotopic (exact) mass is 579 g/mol. The second-order valence-electron chi connectivity index (χ2n) is 9.78. The van der Waals surface area contributed by atoms with Crippen molar-refractivity contribution < 1.29 is 0 Å². The molecule has 1 unspecified atom stereocenters. The van der Waals surface area contributed by atoms with Crippen molar-refractivity contribution in [2.75, 3.05) is 0 Å². The molecule has 6 heteroatoms. The average molecular weight is 580 g/mol. The summed E-state index contributed by atoms with van der Waals surface area (Å²) in [6.45, 7) is 5.85. The highest BCUT2D eigenvalue weighted by Crippen LogP contribution is 2.29. The molecule has 0 amide bonds. The molecule has 210 valence electrons. The van der Waals surface area contributed by atoms with E-state index in [4.69, 9.17) is 22.0 Å². The van der Waals surface area contributed by atoms with Crippen LogP contribution in [0.1, 0.15) is 18.2 Å². The Bertz CT molecular complexity index is 1810. The molecule has 0 saturated carbocycles. The molecule has 1 atom stereocenters. The molecule has 2 heterocycles. The first-order chi connectivity index (χ1) is 21.0. The lowest BCUT2D eigenvalue weighted by molar-refractivity contribution is 0.965. The Morgan fingerprint density at radius 2 is 1.35 bits per heavy atom. The van der Waals surface area contributed by atoms with Crippen LogP contribution in [0.2, 0.25) is 5.28 Å². The molecule has 0 fully saturated rings. The molecule has 0 bridgehead atoms. The van der Waals surface area contributed by atoms with E-state index < -0.39 is 0 Å². The molecule has 0 aliphatic carbocycles.